The molecule has 1 heterocycles. The molecule has 27 heavy (non-hydrogen) atoms. The Bertz CT molecular complexity index is 770. The molecule has 0 spiro atoms. The summed E-state index contributed by atoms with van der Waals surface area (Å²) in [5, 5.41) is 3.35. The number of hydrogen-bond acceptors (Lipinski definition) is 2. The molecule has 1 aliphatic heterocycles. The number of carbonyl (C=O) groups excluding carboxylic acids is 1. The summed E-state index contributed by atoms with van der Waals surface area (Å²) in [6, 6.07) is 11.8. The van der Waals surface area contributed by atoms with E-state index in [0.717, 1.165) is 37.3 Å². The van der Waals surface area contributed by atoms with Crippen molar-refractivity contribution in [2.24, 2.45) is 0 Å². The van der Waals surface area contributed by atoms with Crippen molar-refractivity contribution in [3.05, 3.63) is 64.7 Å². The minimum absolute atomic E-state index is 0.305. The number of rotatable bonds is 3. The third kappa shape index (κ3) is 5.37. The number of piperazine rings is 1. The molecule has 0 radical (unpaired) electrons. The van der Waals surface area contributed by atoms with Gasteiger partial charge in [0.05, 0.1) is 5.56 Å². The smallest absolute Gasteiger partial charge is 0.322 e. The lowest BCUT2D eigenvalue weighted by atomic mass is 10.2. The van der Waals surface area contributed by atoms with E-state index in [4.69, 9.17) is 11.6 Å². The molecule has 1 saturated heterocycles. The van der Waals surface area contributed by atoms with E-state index in [9.17, 15) is 18.0 Å². The largest absolute Gasteiger partial charge is 0.416 e. The number of carbonyl (C=O) groups is 1. The molecule has 0 bridgehead atoms. The molecule has 4 nitrogen and oxygen atoms in total. The van der Waals surface area contributed by atoms with Crippen molar-refractivity contribution in [2.45, 2.75) is 12.7 Å². The van der Waals surface area contributed by atoms with Crippen LogP contribution in [0.15, 0.2) is 48.5 Å². The Morgan fingerprint density at radius 2 is 1.56 bits per heavy atom. The molecule has 0 atom stereocenters. The standard InChI is InChI=1S/C19H19ClF3N3O/c20-16-5-1-14(2-6-16)13-25-9-11-26(12-10-25)18(27)24-17-7-3-15(4-8-17)19(21,22)23/h1-8H,9-13H2,(H,24,27). The van der Waals surface area contributed by atoms with Gasteiger partial charge in [0, 0.05) is 43.4 Å². The van der Waals surface area contributed by atoms with Gasteiger partial charge in [-0.25, -0.2) is 4.79 Å². The molecule has 2 amide bonds. The van der Waals surface area contributed by atoms with Crippen LogP contribution < -0.4 is 5.32 Å². The van der Waals surface area contributed by atoms with Crippen molar-refractivity contribution in [1.82, 2.24) is 9.80 Å². The van der Waals surface area contributed by atoms with E-state index >= 15 is 0 Å². The van der Waals surface area contributed by atoms with Gasteiger partial charge in [-0.05, 0) is 42.0 Å². The van der Waals surface area contributed by atoms with Crippen LogP contribution in [0.2, 0.25) is 5.02 Å². The van der Waals surface area contributed by atoms with E-state index in [-0.39, 0.29) is 6.03 Å². The van der Waals surface area contributed by atoms with Gasteiger partial charge >= 0.3 is 12.2 Å². The molecular formula is C19H19ClF3N3O. The molecule has 2 aromatic rings. The van der Waals surface area contributed by atoms with Crippen LogP contribution in [-0.4, -0.2) is 42.0 Å². The number of nitrogens with zero attached hydrogens (tertiary/aromatic N) is 2. The maximum absolute atomic E-state index is 12.6. The summed E-state index contributed by atoms with van der Waals surface area (Å²) in [7, 11) is 0. The van der Waals surface area contributed by atoms with Crippen molar-refractivity contribution in [1.29, 1.82) is 0 Å². The van der Waals surface area contributed by atoms with Gasteiger partial charge in [0.25, 0.3) is 0 Å². The molecule has 1 N–H and O–H groups in total. The number of hydrogen-bond donors (Lipinski definition) is 1. The molecule has 1 aliphatic rings. The average molecular weight is 398 g/mol. The van der Waals surface area contributed by atoms with Crippen LogP contribution in [0.25, 0.3) is 0 Å². The second kappa shape index (κ2) is 8.19. The highest BCUT2D eigenvalue weighted by Crippen LogP contribution is 2.29. The zero-order valence-corrected chi connectivity index (χ0v) is 15.2. The van der Waals surface area contributed by atoms with Gasteiger partial charge in [-0.3, -0.25) is 4.90 Å². The number of alkyl halides is 3. The third-order valence-corrected chi connectivity index (χ3v) is 4.69. The van der Waals surface area contributed by atoms with Gasteiger partial charge in [-0.2, -0.15) is 13.2 Å². The van der Waals surface area contributed by atoms with Crippen molar-refractivity contribution >= 4 is 23.3 Å². The van der Waals surface area contributed by atoms with Crippen LogP contribution in [0.3, 0.4) is 0 Å². The van der Waals surface area contributed by atoms with Crippen LogP contribution in [0.5, 0.6) is 0 Å². The summed E-state index contributed by atoms with van der Waals surface area (Å²) < 4.78 is 37.7. The Labute approximate surface area is 160 Å². The summed E-state index contributed by atoms with van der Waals surface area (Å²) in [4.78, 5) is 16.2. The Hall–Kier alpha value is -2.25. The van der Waals surface area contributed by atoms with Gasteiger partial charge in [0.15, 0.2) is 0 Å². The number of urea groups is 1. The first-order valence-corrected chi connectivity index (χ1v) is 8.89. The molecule has 0 unspecified atom stereocenters. The van der Waals surface area contributed by atoms with Gasteiger partial charge in [-0.1, -0.05) is 23.7 Å². The van der Waals surface area contributed by atoms with Crippen molar-refractivity contribution < 1.29 is 18.0 Å². The molecule has 1 fully saturated rings. The van der Waals surface area contributed by atoms with Gasteiger partial charge in [0.2, 0.25) is 0 Å². The van der Waals surface area contributed by atoms with Gasteiger partial charge < -0.3 is 10.2 Å². The molecule has 8 heteroatoms. The second-order valence-electron chi connectivity index (χ2n) is 6.39. The fraction of sp³-hybridized carbons (Fsp3) is 0.316. The quantitative estimate of drug-likeness (QED) is 0.814. The topological polar surface area (TPSA) is 35.6 Å². The maximum atomic E-state index is 12.6. The Balaban J connectivity index is 1.49. The monoisotopic (exact) mass is 397 g/mol. The number of amides is 2. The Morgan fingerprint density at radius 1 is 0.963 bits per heavy atom. The number of benzene rings is 2. The summed E-state index contributed by atoms with van der Waals surface area (Å²) >= 11 is 5.89. The third-order valence-electron chi connectivity index (χ3n) is 4.44. The van der Waals surface area contributed by atoms with E-state index < -0.39 is 11.7 Å². The van der Waals surface area contributed by atoms with Crippen molar-refractivity contribution in [3.8, 4) is 0 Å². The van der Waals surface area contributed by atoms with E-state index in [1.54, 1.807) is 4.90 Å². The van der Waals surface area contributed by atoms with Crippen molar-refractivity contribution in [3.63, 3.8) is 0 Å². The fourth-order valence-electron chi connectivity index (χ4n) is 2.90. The number of nitrogens with one attached hydrogen (secondary N) is 1. The van der Waals surface area contributed by atoms with Crippen LogP contribution >= 0.6 is 11.6 Å². The lowest BCUT2D eigenvalue weighted by Gasteiger charge is -2.34. The Kier molecular flexibility index (Phi) is 5.92. The lowest BCUT2D eigenvalue weighted by Crippen LogP contribution is -2.49. The van der Waals surface area contributed by atoms with E-state index in [1.807, 2.05) is 24.3 Å². The van der Waals surface area contributed by atoms with E-state index in [2.05, 4.69) is 10.2 Å². The van der Waals surface area contributed by atoms with Crippen molar-refractivity contribution in [2.75, 3.05) is 31.5 Å². The first kappa shape index (κ1) is 19.5. The van der Waals surface area contributed by atoms with Gasteiger partial charge in [-0.15, -0.1) is 0 Å². The average Bonchev–Trinajstić information content (AvgIpc) is 2.64. The highest BCUT2D eigenvalue weighted by atomic mass is 35.5. The Morgan fingerprint density at radius 3 is 2.11 bits per heavy atom. The van der Waals surface area contributed by atoms with Crippen LogP contribution in [-0.2, 0) is 12.7 Å². The predicted octanol–water partition coefficient (Wildman–Crippen LogP) is 4.71. The van der Waals surface area contributed by atoms with Gasteiger partial charge in [0.1, 0.15) is 0 Å². The maximum Gasteiger partial charge on any atom is 0.416 e. The zero-order valence-electron chi connectivity index (χ0n) is 14.5. The molecule has 3 rings (SSSR count). The highest BCUT2D eigenvalue weighted by Gasteiger charge is 2.30. The van der Waals surface area contributed by atoms with Crippen LogP contribution in [0.4, 0.5) is 23.7 Å². The molecule has 0 aliphatic carbocycles. The summed E-state index contributed by atoms with van der Waals surface area (Å²) in [6.45, 7) is 3.35. The first-order valence-electron chi connectivity index (χ1n) is 8.51. The fourth-order valence-corrected chi connectivity index (χ4v) is 3.03. The normalized spacial score (nSPS) is 15.6. The SMILES string of the molecule is O=C(Nc1ccc(C(F)(F)F)cc1)N1CCN(Cc2ccc(Cl)cc2)CC1. The second-order valence-corrected chi connectivity index (χ2v) is 6.83. The molecule has 144 valence electrons. The lowest BCUT2D eigenvalue weighted by molar-refractivity contribution is -0.137. The zero-order chi connectivity index (χ0) is 19.4. The summed E-state index contributed by atoms with van der Waals surface area (Å²) in [5.41, 5.74) is 0.759. The summed E-state index contributed by atoms with van der Waals surface area (Å²) in [5.74, 6) is 0. The summed E-state index contributed by atoms with van der Waals surface area (Å²) in [6.07, 6.45) is -4.39. The van der Waals surface area contributed by atoms with Crippen LogP contribution in [0.1, 0.15) is 11.1 Å². The minimum atomic E-state index is -4.39. The molecule has 2 aromatic carbocycles. The molecule has 0 saturated carbocycles. The predicted molar refractivity (Wildman–Crippen MR) is 98.8 cm³/mol. The van der Waals surface area contributed by atoms with E-state index in [0.29, 0.717) is 23.8 Å². The minimum Gasteiger partial charge on any atom is -0.322 e. The molecule has 0 aromatic heterocycles. The molecular weight excluding hydrogens is 379 g/mol. The number of anilines is 1. The number of halogens is 4. The first-order chi connectivity index (χ1) is 12.8. The van der Waals surface area contributed by atoms with Crippen LogP contribution in [0, 0.1) is 0 Å². The van der Waals surface area contributed by atoms with E-state index in [1.165, 1.54) is 12.1 Å². The highest BCUT2D eigenvalue weighted by molar-refractivity contribution is 6.30.